The summed E-state index contributed by atoms with van der Waals surface area (Å²) in [6, 6.07) is 15.2. The number of carboxylic acid groups (broad SMARTS) is 1. The first-order chi connectivity index (χ1) is 11.0. The topological polar surface area (TPSA) is 57.6 Å². The van der Waals surface area contributed by atoms with Gasteiger partial charge in [0.2, 0.25) is 5.91 Å². The number of carbonyl (C=O) groups is 2. The number of carbonyl (C=O) groups excluding carboxylic acids is 1. The van der Waals surface area contributed by atoms with Gasteiger partial charge in [0.05, 0.1) is 12.8 Å². The molecule has 0 bridgehead atoms. The lowest BCUT2D eigenvalue weighted by Crippen LogP contribution is -2.33. The second kappa shape index (κ2) is 8.08. The number of carboxylic acids is 1. The third kappa shape index (κ3) is 5.54. The minimum atomic E-state index is -0.957. The van der Waals surface area contributed by atoms with Gasteiger partial charge in [0.15, 0.2) is 0 Å². The van der Waals surface area contributed by atoms with Gasteiger partial charge in [-0.15, -0.1) is 0 Å². The van der Waals surface area contributed by atoms with Crippen LogP contribution < -0.4 is 0 Å². The molecule has 2 aromatic carbocycles. The largest absolute Gasteiger partial charge is 0.481 e. The van der Waals surface area contributed by atoms with Crippen molar-refractivity contribution in [3.05, 3.63) is 71.5 Å². The number of halogens is 1. The number of nitrogens with zero attached hydrogens (tertiary/aromatic N) is 1. The summed E-state index contributed by atoms with van der Waals surface area (Å²) in [5, 5.41) is 8.85. The van der Waals surface area contributed by atoms with Gasteiger partial charge in [0.1, 0.15) is 5.82 Å². The van der Waals surface area contributed by atoms with Crippen LogP contribution in [0.15, 0.2) is 54.6 Å². The predicted molar refractivity (Wildman–Crippen MR) is 84.2 cm³/mol. The van der Waals surface area contributed by atoms with Crippen LogP contribution in [0.5, 0.6) is 0 Å². The molecule has 0 spiro atoms. The molecule has 0 atom stereocenters. The van der Waals surface area contributed by atoms with Gasteiger partial charge in [-0.05, 0) is 23.3 Å². The number of amides is 1. The molecule has 23 heavy (non-hydrogen) atoms. The quantitative estimate of drug-likeness (QED) is 0.855. The lowest BCUT2D eigenvalue weighted by molar-refractivity contribution is -0.138. The number of hydrogen-bond acceptors (Lipinski definition) is 2. The zero-order chi connectivity index (χ0) is 16.7. The van der Waals surface area contributed by atoms with Crippen molar-refractivity contribution in [3.8, 4) is 0 Å². The molecular formula is C18H18FNO3. The SMILES string of the molecule is O=C(O)CCN(Cc1ccccc1)C(=O)Cc1cccc(F)c1. The molecule has 0 heterocycles. The second-order valence-electron chi connectivity index (χ2n) is 5.25. The first kappa shape index (κ1) is 16.7. The van der Waals surface area contributed by atoms with Gasteiger partial charge in [-0.3, -0.25) is 9.59 Å². The van der Waals surface area contributed by atoms with Crippen molar-refractivity contribution in [2.45, 2.75) is 19.4 Å². The van der Waals surface area contributed by atoms with Crippen LogP contribution in [0.4, 0.5) is 4.39 Å². The second-order valence-corrected chi connectivity index (χ2v) is 5.25. The normalized spacial score (nSPS) is 10.3. The molecule has 0 fully saturated rings. The summed E-state index contributed by atoms with van der Waals surface area (Å²) in [4.78, 5) is 24.7. The standard InChI is InChI=1S/C18H18FNO3/c19-16-8-4-7-15(11-16)12-17(21)20(10-9-18(22)23)13-14-5-2-1-3-6-14/h1-8,11H,9-10,12-13H2,(H,22,23). The maximum Gasteiger partial charge on any atom is 0.305 e. The molecule has 0 aliphatic rings. The van der Waals surface area contributed by atoms with E-state index in [2.05, 4.69) is 0 Å². The lowest BCUT2D eigenvalue weighted by Gasteiger charge is -2.22. The zero-order valence-electron chi connectivity index (χ0n) is 12.6. The molecule has 1 N–H and O–H groups in total. The van der Waals surface area contributed by atoms with Crippen molar-refractivity contribution >= 4 is 11.9 Å². The molecule has 0 radical (unpaired) electrons. The fraction of sp³-hybridized carbons (Fsp3) is 0.222. The molecule has 2 rings (SSSR count). The van der Waals surface area contributed by atoms with E-state index in [1.807, 2.05) is 30.3 Å². The smallest absolute Gasteiger partial charge is 0.305 e. The van der Waals surface area contributed by atoms with Gasteiger partial charge in [0, 0.05) is 13.1 Å². The summed E-state index contributed by atoms with van der Waals surface area (Å²) in [6.45, 7) is 0.459. The van der Waals surface area contributed by atoms with Gasteiger partial charge < -0.3 is 10.0 Å². The maximum atomic E-state index is 13.2. The highest BCUT2D eigenvalue weighted by Crippen LogP contribution is 2.10. The summed E-state index contributed by atoms with van der Waals surface area (Å²) in [5.74, 6) is -1.57. The van der Waals surface area contributed by atoms with Crippen molar-refractivity contribution in [2.75, 3.05) is 6.54 Å². The summed E-state index contributed by atoms with van der Waals surface area (Å²) < 4.78 is 13.2. The highest BCUT2D eigenvalue weighted by molar-refractivity contribution is 5.79. The first-order valence-corrected chi connectivity index (χ1v) is 7.32. The molecule has 5 heteroatoms. The Hall–Kier alpha value is -2.69. The Labute approximate surface area is 134 Å². The van der Waals surface area contributed by atoms with Crippen molar-refractivity contribution in [1.29, 1.82) is 0 Å². The minimum Gasteiger partial charge on any atom is -0.481 e. The monoisotopic (exact) mass is 315 g/mol. The van der Waals surface area contributed by atoms with Crippen molar-refractivity contribution in [2.24, 2.45) is 0 Å². The van der Waals surface area contributed by atoms with E-state index in [1.54, 1.807) is 12.1 Å². The van der Waals surface area contributed by atoms with Crippen molar-refractivity contribution in [3.63, 3.8) is 0 Å². The zero-order valence-corrected chi connectivity index (χ0v) is 12.6. The van der Waals surface area contributed by atoms with Crippen LogP contribution in [0.1, 0.15) is 17.5 Å². The first-order valence-electron chi connectivity index (χ1n) is 7.32. The average Bonchev–Trinajstić information content (AvgIpc) is 2.52. The Morgan fingerprint density at radius 2 is 1.70 bits per heavy atom. The fourth-order valence-electron chi connectivity index (χ4n) is 2.26. The van der Waals surface area contributed by atoms with E-state index in [0.717, 1.165) is 5.56 Å². The lowest BCUT2D eigenvalue weighted by atomic mass is 10.1. The Morgan fingerprint density at radius 1 is 1.00 bits per heavy atom. The molecule has 0 aromatic heterocycles. The van der Waals surface area contributed by atoms with Gasteiger partial charge >= 0.3 is 5.97 Å². The molecule has 0 aliphatic heterocycles. The number of aliphatic carboxylic acids is 1. The van der Waals surface area contributed by atoms with E-state index in [0.29, 0.717) is 12.1 Å². The van der Waals surface area contributed by atoms with Gasteiger partial charge in [-0.1, -0.05) is 42.5 Å². The van der Waals surface area contributed by atoms with E-state index in [-0.39, 0.29) is 25.3 Å². The highest BCUT2D eigenvalue weighted by atomic mass is 19.1. The molecular weight excluding hydrogens is 297 g/mol. The molecule has 1 amide bonds. The number of benzene rings is 2. The number of rotatable bonds is 7. The molecule has 4 nitrogen and oxygen atoms in total. The van der Waals surface area contributed by atoms with Crippen molar-refractivity contribution in [1.82, 2.24) is 4.90 Å². The highest BCUT2D eigenvalue weighted by Gasteiger charge is 2.16. The van der Waals surface area contributed by atoms with Crippen LogP contribution in [-0.4, -0.2) is 28.4 Å². The average molecular weight is 315 g/mol. The van der Waals surface area contributed by atoms with Gasteiger partial charge in [-0.25, -0.2) is 4.39 Å². The molecule has 2 aromatic rings. The number of hydrogen-bond donors (Lipinski definition) is 1. The van der Waals surface area contributed by atoms with E-state index in [1.165, 1.54) is 17.0 Å². The van der Waals surface area contributed by atoms with Crippen LogP contribution in [-0.2, 0) is 22.6 Å². The summed E-state index contributed by atoms with van der Waals surface area (Å²) >= 11 is 0. The predicted octanol–water partition coefficient (Wildman–Crippen LogP) is 2.87. The van der Waals surface area contributed by atoms with Gasteiger partial charge in [0.25, 0.3) is 0 Å². The van der Waals surface area contributed by atoms with Crippen LogP contribution in [0.2, 0.25) is 0 Å². The third-order valence-electron chi connectivity index (χ3n) is 3.41. The van der Waals surface area contributed by atoms with E-state index in [9.17, 15) is 14.0 Å². The molecule has 0 unspecified atom stereocenters. The van der Waals surface area contributed by atoms with Crippen LogP contribution in [0.3, 0.4) is 0 Å². The summed E-state index contributed by atoms with van der Waals surface area (Å²) in [5.41, 5.74) is 1.49. The summed E-state index contributed by atoms with van der Waals surface area (Å²) in [7, 11) is 0. The Morgan fingerprint density at radius 3 is 2.35 bits per heavy atom. The van der Waals surface area contributed by atoms with E-state index < -0.39 is 11.8 Å². The molecule has 0 saturated heterocycles. The van der Waals surface area contributed by atoms with E-state index >= 15 is 0 Å². The van der Waals surface area contributed by atoms with Crippen LogP contribution in [0.25, 0.3) is 0 Å². The Kier molecular flexibility index (Phi) is 5.86. The van der Waals surface area contributed by atoms with Crippen LogP contribution in [0, 0.1) is 5.82 Å². The summed E-state index contributed by atoms with van der Waals surface area (Å²) in [6.07, 6.45) is -0.0774. The Balaban J connectivity index is 2.08. The van der Waals surface area contributed by atoms with E-state index in [4.69, 9.17) is 5.11 Å². The Bertz CT molecular complexity index is 673. The van der Waals surface area contributed by atoms with Crippen LogP contribution >= 0.6 is 0 Å². The molecule has 120 valence electrons. The van der Waals surface area contributed by atoms with Crippen molar-refractivity contribution < 1.29 is 19.1 Å². The molecule has 0 saturated carbocycles. The van der Waals surface area contributed by atoms with Gasteiger partial charge in [-0.2, -0.15) is 0 Å². The fourth-order valence-corrected chi connectivity index (χ4v) is 2.26. The molecule has 0 aliphatic carbocycles. The maximum absolute atomic E-state index is 13.2. The third-order valence-corrected chi connectivity index (χ3v) is 3.41. The minimum absolute atomic E-state index is 0.0458.